The van der Waals surface area contributed by atoms with E-state index in [0.29, 0.717) is 26.2 Å². The van der Waals surface area contributed by atoms with Gasteiger partial charge >= 0.3 is 11.9 Å². The van der Waals surface area contributed by atoms with Crippen molar-refractivity contribution in [3.63, 3.8) is 0 Å². The quantitative estimate of drug-likeness (QED) is 0.0948. The summed E-state index contributed by atoms with van der Waals surface area (Å²) in [5, 5.41) is 21.4. The third kappa shape index (κ3) is 9.87. The van der Waals surface area contributed by atoms with Gasteiger partial charge in [-0.3, -0.25) is 0 Å². The molecular weight excluding hydrogens is 572 g/mol. The molecule has 0 bridgehead atoms. The van der Waals surface area contributed by atoms with Crippen molar-refractivity contribution in [2.75, 3.05) is 26.2 Å². The van der Waals surface area contributed by atoms with Crippen LogP contribution in [0.25, 0.3) is 20.9 Å². The van der Waals surface area contributed by atoms with E-state index < -0.39 is 81.0 Å². The second-order valence-electron chi connectivity index (χ2n) is 6.10. The summed E-state index contributed by atoms with van der Waals surface area (Å²) >= 11 is 0. The van der Waals surface area contributed by atoms with Crippen LogP contribution in [0, 0.1) is 46.5 Å². The van der Waals surface area contributed by atoms with Crippen molar-refractivity contribution in [1.82, 2.24) is 0 Å². The molecule has 40 heavy (non-hydrogen) atoms. The number of hydrogen-bond acceptors (Lipinski definition) is 8. The number of hydrogen-bond donors (Lipinski definition) is 6. The molecule has 0 spiro atoms. The Balaban J connectivity index is 0. The molecule has 0 atom stereocenters. The van der Waals surface area contributed by atoms with E-state index in [1.807, 2.05) is 9.82 Å². The van der Waals surface area contributed by atoms with Crippen LogP contribution in [-0.2, 0) is 0 Å². The molecule has 2 aromatic rings. The van der Waals surface area contributed by atoms with Crippen molar-refractivity contribution in [2.24, 2.45) is 33.2 Å². The van der Waals surface area contributed by atoms with Crippen molar-refractivity contribution >= 4 is 23.3 Å². The zero-order chi connectivity index (χ0) is 31.7. The molecule has 0 amide bonds. The zero-order valence-corrected chi connectivity index (χ0v) is 19.6. The number of aromatic carboxylic acids is 2. The number of halogens is 8. The molecule has 2 rings (SSSR count). The molecule has 220 valence electrons. The summed E-state index contributed by atoms with van der Waals surface area (Å²) in [6, 6.07) is 0. The molecule has 14 nitrogen and oxygen atoms in total. The van der Waals surface area contributed by atoms with Crippen molar-refractivity contribution < 1.29 is 54.9 Å². The Morgan fingerprint density at radius 3 is 0.875 bits per heavy atom. The number of azide groups is 2. The highest BCUT2D eigenvalue weighted by atomic mass is 19.2. The zero-order valence-electron chi connectivity index (χ0n) is 19.6. The monoisotopic (exact) mass is 590 g/mol. The van der Waals surface area contributed by atoms with Crippen molar-refractivity contribution in [1.29, 1.82) is 0 Å². The predicted molar refractivity (Wildman–Crippen MR) is 120 cm³/mol. The number of benzene rings is 2. The summed E-state index contributed by atoms with van der Waals surface area (Å²) in [7, 11) is 0. The smallest absolute Gasteiger partial charge is 0.341 e. The normalized spacial score (nSPS) is 9.30. The van der Waals surface area contributed by atoms with Gasteiger partial charge in [-0.1, -0.05) is 10.2 Å². The molecular formula is C18H18F8N10O4. The minimum absolute atomic E-state index is 0.597. The van der Waals surface area contributed by atoms with Crippen LogP contribution in [0.2, 0.25) is 0 Å². The third-order valence-electron chi connectivity index (χ3n) is 3.53. The molecule has 0 aliphatic carbocycles. The average Bonchev–Trinajstić information content (AvgIpc) is 2.91. The fourth-order valence-electron chi connectivity index (χ4n) is 1.88. The minimum atomic E-state index is -2.18. The van der Waals surface area contributed by atoms with Crippen LogP contribution in [0.15, 0.2) is 10.2 Å². The maximum Gasteiger partial charge on any atom is 0.341 e. The second-order valence-corrected chi connectivity index (χ2v) is 6.10. The first kappa shape index (κ1) is 37.4. The van der Waals surface area contributed by atoms with Gasteiger partial charge in [0.05, 0.1) is 0 Å². The molecule has 0 heterocycles. The molecule has 0 aromatic heterocycles. The highest BCUT2D eigenvalue weighted by molar-refractivity contribution is 5.89. The van der Waals surface area contributed by atoms with Gasteiger partial charge in [0.2, 0.25) is 0 Å². The maximum absolute atomic E-state index is 12.9. The highest BCUT2D eigenvalue weighted by Crippen LogP contribution is 2.31. The van der Waals surface area contributed by atoms with E-state index in [0.717, 1.165) is 0 Å². The van der Waals surface area contributed by atoms with Gasteiger partial charge in [-0.15, -0.1) is 0 Å². The lowest BCUT2D eigenvalue weighted by molar-refractivity contribution is 0.0672. The summed E-state index contributed by atoms with van der Waals surface area (Å²) in [6.45, 7) is 2.39. The molecule has 22 heteroatoms. The number of nitrogens with zero attached hydrogens (tertiary/aromatic N) is 6. The van der Waals surface area contributed by atoms with Gasteiger partial charge in [0.1, 0.15) is 22.5 Å². The molecule has 2 aromatic carbocycles. The Morgan fingerprint density at radius 2 is 0.750 bits per heavy atom. The van der Waals surface area contributed by atoms with Gasteiger partial charge in [-0.25, -0.2) is 44.7 Å². The van der Waals surface area contributed by atoms with E-state index in [4.69, 9.17) is 44.2 Å². The number of carboxylic acid groups (broad SMARTS) is 2. The molecule has 0 unspecified atom stereocenters. The molecule has 0 fully saturated rings. The van der Waals surface area contributed by atoms with Crippen LogP contribution >= 0.6 is 0 Å². The van der Waals surface area contributed by atoms with E-state index in [1.165, 1.54) is 0 Å². The lowest BCUT2D eigenvalue weighted by atomic mass is 10.1. The Morgan fingerprint density at radius 1 is 0.550 bits per heavy atom. The standard InChI is InChI=1S/2C7HF4N3O2.2C2H8N2/c2*8-2-1(7(15)16)3(9)5(11)6(4(2)10)13-14-12;2*3-1-2-4/h2*(H,15,16);2*1-4H2. The van der Waals surface area contributed by atoms with Gasteiger partial charge in [-0.05, 0) is 11.1 Å². The lowest BCUT2D eigenvalue weighted by Crippen LogP contribution is -2.11. The van der Waals surface area contributed by atoms with Gasteiger partial charge in [0.15, 0.2) is 46.5 Å². The lowest BCUT2D eigenvalue weighted by Gasteiger charge is -2.05. The van der Waals surface area contributed by atoms with E-state index in [9.17, 15) is 44.7 Å². The Bertz CT molecular complexity index is 1090. The van der Waals surface area contributed by atoms with Crippen molar-refractivity contribution in [3.8, 4) is 0 Å². The fourth-order valence-corrected chi connectivity index (χ4v) is 1.88. The molecule has 0 aliphatic rings. The molecule has 0 aliphatic heterocycles. The van der Waals surface area contributed by atoms with E-state index >= 15 is 0 Å². The number of nitrogens with two attached hydrogens (primary N) is 4. The first-order valence-corrected chi connectivity index (χ1v) is 9.75. The fraction of sp³-hybridized carbons (Fsp3) is 0.222. The Labute approximate surface area is 217 Å². The van der Waals surface area contributed by atoms with Gasteiger partial charge in [-0.2, -0.15) is 0 Å². The predicted octanol–water partition coefficient (Wildman–Crippen LogP) is 3.57. The summed E-state index contributed by atoms with van der Waals surface area (Å²) in [5.74, 6) is -21.1. The largest absolute Gasteiger partial charge is 0.477 e. The minimum Gasteiger partial charge on any atom is -0.477 e. The summed E-state index contributed by atoms with van der Waals surface area (Å²) in [5.41, 5.74) is 28.7. The first-order chi connectivity index (χ1) is 18.7. The van der Waals surface area contributed by atoms with Crippen LogP contribution in [0.3, 0.4) is 0 Å². The van der Waals surface area contributed by atoms with E-state index in [2.05, 4.69) is 10.2 Å². The Kier molecular flexibility index (Phi) is 17.3. The second kappa shape index (κ2) is 18.5. The molecule has 0 radical (unpaired) electrons. The van der Waals surface area contributed by atoms with Crippen LogP contribution in [0.4, 0.5) is 46.5 Å². The summed E-state index contributed by atoms with van der Waals surface area (Å²) in [6.07, 6.45) is 0. The number of carboxylic acids is 2. The summed E-state index contributed by atoms with van der Waals surface area (Å²) in [4.78, 5) is 24.5. The van der Waals surface area contributed by atoms with Crippen LogP contribution in [-0.4, -0.2) is 48.3 Å². The topological polar surface area (TPSA) is 276 Å². The van der Waals surface area contributed by atoms with Crippen LogP contribution in [0.1, 0.15) is 20.7 Å². The van der Waals surface area contributed by atoms with Crippen molar-refractivity contribution in [3.05, 3.63) is 78.6 Å². The van der Waals surface area contributed by atoms with Crippen molar-refractivity contribution in [2.45, 2.75) is 0 Å². The highest BCUT2D eigenvalue weighted by Gasteiger charge is 2.29. The maximum atomic E-state index is 12.9. The van der Waals surface area contributed by atoms with E-state index in [1.54, 1.807) is 0 Å². The Hall–Kier alpha value is -4.72. The first-order valence-electron chi connectivity index (χ1n) is 9.75. The van der Waals surface area contributed by atoms with Crippen LogP contribution < -0.4 is 22.9 Å². The third-order valence-corrected chi connectivity index (χ3v) is 3.53. The number of rotatable bonds is 6. The molecule has 10 N–H and O–H groups in total. The average molecular weight is 590 g/mol. The van der Waals surface area contributed by atoms with Gasteiger partial charge < -0.3 is 33.1 Å². The van der Waals surface area contributed by atoms with Gasteiger partial charge in [0, 0.05) is 36.0 Å². The molecule has 0 saturated heterocycles. The molecule has 0 saturated carbocycles. The number of carbonyl (C=O) groups is 2. The van der Waals surface area contributed by atoms with Gasteiger partial charge in [0.25, 0.3) is 0 Å². The van der Waals surface area contributed by atoms with Crippen LogP contribution in [0.5, 0.6) is 0 Å². The SMILES string of the molecule is NCCN.NCCN.[N-]=[N+]=Nc1c(F)c(F)c(C(=O)O)c(F)c1F.[N-]=[N+]=Nc1c(F)c(F)c(C(=O)O)c(F)c1F. The van der Waals surface area contributed by atoms with E-state index in [-0.39, 0.29) is 0 Å². The summed E-state index contributed by atoms with van der Waals surface area (Å²) < 4.78 is 103.